The Balaban J connectivity index is 2.15. The molecule has 0 saturated carbocycles. The summed E-state index contributed by atoms with van der Waals surface area (Å²) in [5.74, 6) is 6.45. The van der Waals surface area contributed by atoms with Crippen molar-refractivity contribution in [2.75, 3.05) is 0 Å². The first kappa shape index (κ1) is 12.5. The molecular formula is C18H18. The highest BCUT2D eigenvalue weighted by molar-refractivity contribution is 5.49. The Bertz CT molecular complexity index is 462. The summed E-state index contributed by atoms with van der Waals surface area (Å²) in [4.78, 5) is 0. The first-order chi connectivity index (χ1) is 8.95. The maximum absolute atomic E-state index is 3.23. The standard InChI is InChI=1S/C18H18/c1-3-7-11-17(12-8-4-1)15-16-18-13-9-5-2-6-10-14-18/h3,5,7-14H,1-2,4,6H2/b7-3-,9-5-,12-8-,14-10-,17-11+,18-13+. The molecule has 0 aromatic carbocycles. The van der Waals surface area contributed by atoms with Crippen LogP contribution in [-0.2, 0) is 0 Å². The first-order valence-electron chi connectivity index (χ1n) is 6.54. The van der Waals surface area contributed by atoms with E-state index in [0.717, 1.165) is 36.8 Å². The largest absolute Gasteiger partial charge is 0.0842 e. The molecule has 0 spiro atoms. The van der Waals surface area contributed by atoms with Crippen molar-refractivity contribution in [3.8, 4) is 11.8 Å². The number of hydrogen-bond donors (Lipinski definition) is 0. The molecule has 2 aliphatic carbocycles. The van der Waals surface area contributed by atoms with Gasteiger partial charge in [-0.25, -0.2) is 0 Å². The van der Waals surface area contributed by atoms with E-state index in [-0.39, 0.29) is 0 Å². The monoisotopic (exact) mass is 234 g/mol. The minimum atomic E-state index is 1.08. The van der Waals surface area contributed by atoms with Crippen molar-refractivity contribution in [2.45, 2.75) is 25.7 Å². The van der Waals surface area contributed by atoms with Crippen LogP contribution in [0.5, 0.6) is 0 Å². The number of hydrogen-bond acceptors (Lipinski definition) is 0. The SMILES string of the molecule is C(#CC1=C/C=C\CC/C=C\1)C1=C/C=C\CC/C=C\1. The fourth-order valence-electron chi connectivity index (χ4n) is 1.76. The van der Waals surface area contributed by atoms with E-state index in [1.54, 1.807) is 0 Å². The van der Waals surface area contributed by atoms with Gasteiger partial charge in [0.1, 0.15) is 0 Å². The van der Waals surface area contributed by atoms with Gasteiger partial charge in [0.2, 0.25) is 0 Å². The maximum atomic E-state index is 3.23. The van der Waals surface area contributed by atoms with Crippen LogP contribution in [0.3, 0.4) is 0 Å². The smallest absolute Gasteiger partial charge is 0.0245 e. The summed E-state index contributed by atoms with van der Waals surface area (Å²) < 4.78 is 0. The molecule has 0 heteroatoms. The third-order valence-electron chi connectivity index (χ3n) is 2.77. The Kier molecular flexibility index (Phi) is 5.09. The van der Waals surface area contributed by atoms with Gasteiger partial charge in [-0.15, -0.1) is 0 Å². The topological polar surface area (TPSA) is 0 Å². The summed E-state index contributed by atoms with van der Waals surface area (Å²) in [5.41, 5.74) is 2.15. The van der Waals surface area contributed by atoms with Crippen molar-refractivity contribution >= 4 is 0 Å². The molecule has 2 rings (SSSR count). The molecule has 0 heterocycles. The van der Waals surface area contributed by atoms with Crippen LogP contribution in [0.25, 0.3) is 0 Å². The second-order valence-electron chi connectivity index (χ2n) is 4.31. The van der Waals surface area contributed by atoms with Gasteiger partial charge in [0.05, 0.1) is 0 Å². The van der Waals surface area contributed by atoms with Crippen LogP contribution >= 0.6 is 0 Å². The van der Waals surface area contributed by atoms with Gasteiger partial charge < -0.3 is 0 Å². The summed E-state index contributed by atoms with van der Waals surface area (Å²) in [6.07, 6.45) is 25.7. The van der Waals surface area contributed by atoms with Crippen LogP contribution < -0.4 is 0 Å². The second kappa shape index (κ2) is 7.35. The first-order valence-corrected chi connectivity index (χ1v) is 6.54. The van der Waals surface area contributed by atoms with Gasteiger partial charge in [-0.05, 0) is 37.8 Å². The number of allylic oxidation sites excluding steroid dienone is 12. The number of rotatable bonds is 0. The van der Waals surface area contributed by atoms with E-state index in [2.05, 4.69) is 72.6 Å². The van der Waals surface area contributed by atoms with Gasteiger partial charge in [0.15, 0.2) is 0 Å². The van der Waals surface area contributed by atoms with Crippen LogP contribution in [0.15, 0.2) is 71.9 Å². The predicted octanol–water partition coefficient (Wildman–Crippen LogP) is 4.66. The van der Waals surface area contributed by atoms with Gasteiger partial charge in [0.25, 0.3) is 0 Å². The fraction of sp³-hybridized carbons (Fsp3) is 0.222. The van der Waals surface area contributed by atoms with E-state index in [1.165, 1.54) is 0 Å². The normalized spacial score (nSPS) is 31.6. The van der Waals surface area contributed by atoms with Crippen molar-refractivity contribution < 1.29 is 0 Å². The van der Waals surface area contributed by atoms with E-state index in [1.807, 2.05) is 0 Å². The van der Waals surface area contributed by atoms with E-state index >= 15 is 0 Å². The Morgan fingerprint density at radius 2 is 1.06 bits per heavy atom. The molecule has 0 unspecified atom stereocenters. The highest BCUT2D eigenvalue weighted by Gasteiger charge is 1.90. The lowest BCUT2D eigenvalue weighted by Gasteiger charge is -1.96. The molecule has 0 aromatic rings. The highest BCUT2D eigenvalue weighted by atomic mass is 13.9. The van der Waals surface area contributed by atoms with Crippen LogP contribution in [0.4, 0.5) is 0 Å². The predicted molar refractivity (Wildman–Crippen MR) is 79.0 cm³/mol. The molecule has 0 radical (unpaired) electrons. The lowest BCUT2D eigenvalue weighted by Crippen LogP contribution is -1.79. The average molecular weight is 234 g/mol. The lowest BCUT2D eigenvalue weighted by atomic mass is 10.1. The van der Waals surface area contributed by atoms with E-state index < -0.39 is 0 Å². The Labute approximate surface area is 110 Å². The Morgan fingerprint density at radius 3 is 1.56 bits per heavy atom. The third kappa shape index (κ3) is 4.47. The molecule has 0 atom stereocenters. The van der Waals surface area contributed by atoms with Crippen molar-refractivity contribution in [2.24, 2.45) is 0 Å². The van der Waals surface area contributed by atoms with Crippen LogP contribution in [-0.4, -0.2) is 0 Å². The molecule has 2 aliphatic rings. The maximum Gasteiger partial charge on any atom is 0.0245 e. The minimum Gasteiger partial charge on any atom is -0.0842 e. The molecule has 0 amide bonds. The zero-order valence-electron chi connectivity index (χ0n) is 10.6. The van der Waals surface area contributed by atoms with Gasteiger partial charge >= 0.3 is 0 Å². The van der Waals surface area contributed by atoms with Crippen LogP contribution in [0.1, 0.15) is 25.7 Å². The molecule has 18 heavy (non-hydrogen) atoms. The molecule has 0 aliphatic heterocycles. The summed E-state index contributed by atoms with van der Waals surface area (Å²) >= 11 is 0. The van der Waals surface area contributed by atoms with Gasteiger partial charge in [-0.1, -0.05) is 60.4 Å². The molecule has 0 saturated heterocycles. The van der Waals surface area contributed by atoms with Gasteiger partial charge in [-0.2, -0.15) is 0 Å². The molecule has 0 N–H and O–H groups in total. The van der Waals surface area contributed by atoms with E-state index in [4.69, 9.17) is 0 Å². The average Bonchev–Trinajstić information content (AvgIpc) is 2.29. The summed E-state index contributed by atoms with van der Waals surface area (Å²) in [7, 11) is 0. The third-order valence-corrected chi connectivity index (χ3v) is 2.77. The van der Waals surface area contributed by atoms with Gasteiger partial charge in [0, 0.05) is 11.1 Å². The molecular weight excluding hydrogens is 216 g/mol. The van der Waals surface area contributed by atoms with Crippen molar-refractivity contribution in [1.29, 1.82) is 0 Å². The Hall–Kier alpha value is -2.00. The van der Waals surface area contributed by atoms with E-state index in [0.29, 0.717) is 0 Å². The summed E-state index contributed by atoms with van der Waals surface area (Å²) in [6.45, 7) is 0. The van der Waals surface area contributed by atoms with Crippen molar-refractivity contribution in [1.82, 2.24) is 0 Å². The van der Waals surface area contributed by atoms with E-state index in [9.17, 15) is 0 Å². The highest BCUT2D eigenvalue weighted by Crippen LogP contribution is 2.07. The zero-order chi connectivity index (χ0) is 12.5. The quantitative estimate of drug-likeness (QED) is 0.535. The Morgan fingerprint density at radius 1 is 0.611 bits per heavy atom. The molecule has 0 fully saturated rings. The molecule has 90 valence electrons. The lowest BCUT2D eigenvalue weighted by molar-refractivity contribution is 1.05. The van der Waals surface area contributed by atoms with Gasteiger partial charge in [-0.3, -0.25) is 0 Å². The molecule has 0 bridgehead atoms. The summed E-state index contributed by atoms with van der Waals surface area (Å²) in [5, 5.41) is 0. The minimum absolute atomic E-state index is 1.08. The van der Waals surface area contributed by atoms with Crippen molar-refractivity contribution in [3.05, 3.63) is 71.9 Å². The van der Waals surface area contributed by atoms with Crippen LogP contribution in [0, 0.1) is 11.8 Å². The fourth-order valence-corrected chi connectivity index (χ4v) is 1.76. The zero-order valence-corrected chi connectivity index (χ0v) is 10.6. The molecule has 0 nitrogen and oxygen atoms in total. The second-order valence-corrected chi connectivity index (χ2v) is 4.31. The van der Waals surface area contributed by atoms with Crippen molar-refractivity contribution in [3.63, 3.8) is 0 Å². The molecule has 0 aromatic heterocycles. The van der Waals surface area contributed by atoms with Crippen LogP contribution in [0.2, 0.25) is 0 Å². The summed E-state index contributed by atoms with van der Waals surface area (Å²) in [6, 6.07) is 0.